The summed E-state index contributed by atoms with van der Waals surface area (Å²) in [6, 6.07) is 5.18. The summed E-state index contributed by atoms with van der Waals surface area (Å²) in [6.45, 7) is 1.92. The number of ketones is 1. The van der Waals surface area contributed by atoms with E-state index in [0.29, 0.717) is 18.5 Å². The van der Waals surface area contributed by atoms with Crippen LogP contribution in [0.5, 0.6) is 0 Å². The fraction of sp³-hybridized carbons (Fsp3) is 0.214. The first-order valence-corrected chi connectivity index (χ1v) is 5.91. The number of carboxylic acids is 1. The minimum atomic E-state index is -1.03. The van der Waals surface area contributed by atoms with Crippen LogP contribution in [0.15, 0.2) is 36.8 Å². The number of carboxylic acid groups (broad SMARTS) is 1. The third-order valence-corrected chi connectivity index (χ3v) is 2.89. The molecule has 2 aromatic rings. The molecular weight excluding hydrogens is 244 g/mol. The molecule has 0 saturated carbocycles. The molecule has 1 N–H and O–H groups in total. The van der Waals surface area contributed by atoms with E-state index >= 15 is 0 Å². The van der Waals surface area contributed by atoms with Crippen LogP contribution < -0.4 is 0 Å². The zero-order valence-electron chi connectivity index (χ0n) is 10.5. The predicted molar refractivity (Wildman–Crippen MR) is 69.3 cm³/mol. The molecule has 0 aliphatic carbocycles. The Hall–Kier alpha value is -2.43. The van der Waals surface area contributed by atoms with E-state index < -0.39 is 5.97 Å². The fourth-order valence-electron chi connectivity index (χ4n) is 1.86. The highest BCUT2D eigenvalue weighted by Gasteiger charge is 2.14. The number of aryl methyl sites for hydroxylation is 2. The lowest BCUT2D eigenvalue weighted by Gasteiger charge is -2.05. The van der Waals surface area contributed by atoms with E-state index in [-0.39, 0.29) is 11.5 Å². The Balaban J connectivity index is 2.19. The first-order valence-electron chi connectivity index (χ1n) is 5.91. The number of Topliss-reactive ketones (excluding diaryl/α,β-unsaturated/α-hetero) is 1. The maximum Gasteiger partial charge on any atom is 0.352 e. The van der Waals surface area contributed by atoms with Gasteiger partial charge in [0.1, 0.15) is 5.69 Å². The zero-order chi connectivity index (χ0) is 13.8. The minimum Gasteiger partial charge on any atom is -0.477 e. The predicted octanol–water partition coefficient (Wildman–Crippen LogP) is 2.03. The highest BCUT2D eigenvalue weighted by molar-refractivity contribution is 5.97. The van der Waals surface area contributed by atoms with E-state index in [2.05, 4.69) is 4.98 Å². The second-order valence-corrected chi connectivity index (χ2v) is 4.28. The number of carbonyl (C=O) groups excluding carboxylic acids is 1. The lowest BCUT2D eigenvalue weighted by atomic mass is 10.2. The maximum absolute atomic E-state index is 11.3. The van der Waals surface area contributed by atoms with Crippen molar-refractivity contribution >= 4 is 11.8 Å². The largest absolute Gasteiger partial charge is 0.477 e. The zero-order valence-corrected chi connectivity index (χ0v) is 10.5. The summed E-state index contributed by atoms with van der Waals surface area (Å²) >= 11 is 0. The van der Waals surface area contributed by atoms with Crippen molar-refractivity contribution in [2.75, 3.05) is 0 Å². The van der Waals surface area contributed by atoms with Gasteiger partial charge in [0.25, 0.3) is 0 Å². The average Bonchev–Trinajstić information content (AvgIpc) is 2.82. The molecule has 98 valence electrons. The molecule has 0 amide bonds. The van der Waals surface area contributed by atoms with Crippen LogP contribution in [0.3, 0.4) is 0 Å². The van der Waals surface area contributed by atoms with E-state index in [0.717, 1.165) is 5.56 Å². The van der Waals surface area contributed by atoms with Crippen molar-refractivity contribution in [3.05, 3.63) is 53.6 Å². The molecule has 0 spiro atoms. The highest BCUT2D eigenvalue weighted by Crippen LogP contribution is 2.11. The van der Waals surface area contributed by atoms with Crippen LogP contribution in [0.2, 0.25) is 0 Å². The molecule has 0 aliphatic rings. The van der Waals surface area contributed by atoms with Crippen molar-refractivity contribution in [2.45, 2.75) is 19.9 Å². The summed E-state index contributed by atoms with van der Waals surface area (Å²) in [5.41, 5.74) is 1.58. The van der Waals surface area contributed by atoms with Gasteiger partial charge < -0.3 is 9.67 Å². The number of aromatic nitrogens is 2. The lowest BCUT2D eigenvalue weighted by Crippen LogP contribution is -2.09. The van der Waals surface area contributed by atoms with Gasteiger partial charge in [-0.15, -0.1) is 0 Å². The third-order valence-electron chi connectivity index (χ3n) is 2.89. The van der Waals surface area contributed by atoms with Crippen molar-refractivity contribution < 1.29 is 14.7 Å². The summed E-state index contributed by atoms with van der Waals surface area (Å²) in [4.78, 5) is 26.4. The van der Waals surface area contributed by atoms with Crippen LogP contribution in [0.1, 0.15) is 33.3 Å². The first kappa shape index (κ1) is 13.0. The molecule has 5 heteroatoms. The first-order chi connectivity index (χ1) is 9.08. The van der Waals surface area contributed by atoms with E-state index in [1.807, 2.05) is 12.1 Å². The number of carbonyl (C=O) groups is 2. The van der Waals surface area contributed by atoms with Crippen LogP contribution in [0.4, 0.5) is 0 Å². The molecule has 0 bridgehead atoms. The van der Waals surface area contributed by atoms with Crippen molar-refractivity contribution in [3.8, 4) is 0 Å². The highest BCUT2D eigenvalue weighted by atomic mass is 16.4. The molecule has 0 aromatic carbocycles. The maximum atomic E-state index is 11.3. The van der Waals surface area contributed by atoms with Gasteiger partial charge in [-0.2, -0.15) is 0 Å². The Bertz CT molecular complexity index is 602. The minimum absolute atomic E-state index is 0.133. The molecule has 0 radical (unpaired) electrons. The summed E-state index contributed by atoms with van der Waals surface area (Å²) < 4.78 is 1.59. The van der Waals surface area contributed by atoms with Gasteiger partial charge in [-0.25, -0.2) is 4.79 Å². The van der Waals surface area contributed by atoms with Crippen LogP contribution in [0.25, 0.3) is 0 Å². The molecule has 2 rings (SSSR count). The van der Waals surface area contributed by atoms with Crippen LogP contribution in [-0.4, -0.2) is 26.4 Å². The quantitative estimate of drug-likeness (QED) is 0.833. The average molecular weight is 258 g/mol. The molecule has 2 aromatic heterocycles. The van der Waals surface area contributed by atoms with E-state index in [1.165, 1.54) is 13.0 Å². The van der Waals surface area contributed by atoms with E-state index in [9.17, 15) is 9.59 Å². The fourth-order valence-corrected chi connectivity index (χ4v) is 1.86. The Morgan fingerprint density at radius 2 is 2.21 bits per heavy atom. The van der Waals surface area contributed by atoms with Gasteiger partial charge in [0.2, 0.25) is 0 Å². The van der Waals surface area contributed by atoms with Gasteiger partial charge in [0, 0.05) is 30.7 Å². The van der Waals surface area contributed by atoms with Gasteiger partial charge in [0.15, 0.2) is 5.78 Å². The number of hydrogen-bond acceptors (Lipinski definition) is 3. The molecule has 0 aliphatic heterocycles. The number of hydrogen-bond donors (Lipinski definition) is 1. The normalized spacial score (nSPS) is 10.4. The van der Waals surface area contributed by atoms with Crippen LogP contribution in [-0.2, 0) is 13.0 Å². The number of nitrogens with zero attached hydrogens (tertiary/aromatic N) is 2. The number of aromatic carboxylic acids is 1. The molecule has 5 nitrogen and oxygen atoms in total. The standard InChI is InChI=1S/C14H14N2O3/c1-10(17)12-7-13(14(18)19)16(9-12)6-4-11-3-2-5-15-8-11/h2-3,5,7-9H,4,6H2,1H3,(H,18,19). The Morgan fingerprint density at radius 3 is 2.79 bits per heavy atom. The second kappa shape index (κ2) is 5.48. The molecule has 0 atom stereocenters. The molecule has 19 heavy (non-hydrogen) atoms. The number of pyridine rings is 1. The summed E-state index contributed by atoms with van der Waals surface area (Å²) in [5, 5.41) is 9.11. The van der Waals surface area contributed by atoms with E-state index in [1.54, 1.807) is 23.2 Å². The Kier molecular flexibility index (Phi) is 3.75. The van der Waals surface area contributed by atoms with Gasteiger partial charge >= 0.3 is 5.97 Å². The SMILES string of the molecule is CC(=O)c1cc(C(=O)O)n(CCc2cccnc2)c1. The smallest absolute Gasteiger partial charge is 0.352 e. The third kappa shape index (κ3) is 3.07. The Labute approximate surface area is 110 Å². The monoisotopic (exact) mass is 258 g/mol. The molecule has 0 saturated heterocycles. The summed E-state index contributed by atoms with van der Waals surface area (Å²) in [6.07, 6.45) is 5.69. The van der Waals surface area contributed by atoms with Crippen molar-refractivity contribution in [1.29, 1.82) is 0 Å². The molecular formula is C14H14N2O3. The van der Waals surface area contributed by atoms with Gasteiger partial charge in [0.05, 0.1) is 0 Å². The van der Waals surface area contributed by atoms with Crippen LogP contribution >= 0.6 is 0 Å². The topological polar surface area (TPSA) is 72.2 Å². The lowest BCUT2D eigenvalue weighted by molar-refractivity contribution is 0.0685. The molecule has 0 fully saturated rings. The van der Waals surface area contributed by atoms with Gasteiger partial charge in [-0.3, -0.25) is 9.78 Å². The summed E-state index contributed by atoms with van der Waals surface area (Å²) in [7, 11) is 0. The van der Waals surface area contributed by atoms with Crippen molar-refractivity contribution in [2.24, 2.45) is 0 Å². The van der Waals surface area contributed by atoms with Crippen molar-refractivity contribution in [1.82, 2.24) is 9.55 Å². The summed E-state index contributed by atoms with van der Waals surface area (Å²) in [5.74, 6) is -1.17. The number of rotatable bonds is 5. The van der Waals surface area contributed by atoms with Crippen LogP contribution in [0, 0.1) is 0 Å². The van der Waals surface area contributed by atoms with Crippen molar-refractivity contribution in [3.63, 3.8) is 0 Å². The van der Waals surface area contributed by atoms with E-state index in [4.69, 9.17) is 5.11 Å². The molecule has 0 unspecified atom stereocenters. The molecule has 2 heterocycles. The second-order valence-electron chi connectivity index (χ2n) is 4.28. The van der Waals surface area contributed by atoms with Gasteiger partial charge in [-0.1, -0.05) is 6.07 Å². The Morgan fingerprint density at radius 1 is 1.42 bits per heavy atom. The van der Waals surface area contributed by atoms with Gasteiger partial charge in [-0.05, 0) is 31.0 Å².